The van der Waals surface area contributed by atoms with Crippen LogP contribution in [0.2, 0.25) is 10.0 Å². The van der Waals surface area contributed by atoms with E-state index < -0.39 is 20.5 Å². The van der Waals surface area contributed by atoms with Gasteiger partial charge in [0.15, 0.2) is 0 Å². The number of nitro groups is 2. The van der Waals surface area contributed by atoms with E-state index >= 15 is 0 Å². The molecule has 0 aliphatic carbocycles. The summed E-state index contributed by atoms with van der Waals surface area (Å²) in [5.74, 6) is 0. The van der Waals surface area contributed by atoms with Crippen LogP contribution in [-0.2, 0) is 5.12 Å². The molecule has 0 aromatic heterocycles. The van der Waals surface area contributed by atoms with E-state index in [1.165, 1.54) is 12.1 Å². The third kappa shape index (κ3) is 1.91. The van der Waals surface area contributed by atoms with Gasteiger partial charge in [0.25, 0.3) is 0 Å². The van der Waals surface area contributed by atoms with Crippen molar-refractivity contribution in [3.63, 3.8) is 0 Å². The fourth-order valence-corrected chi connectivity index (χ4v) is 1.65. The molecule has 0 N–H and O–H groups in total. The van der Waals surface area contributed by atoms with Gasteiger partial charge in [-0.2, -0.15) is 0 Å². The van der Waals surface area contributed by atoms with E-state index in [4.69, 9.17) is 34.8 Å². The minimum atomic E-state index is -3.03. The van der Waals surface area contributed by atoms with Crippen LogP contribution in [-0.4, -0.2) is 9.85 Å². The second-order valence-electron chi connectivity index (χ2n) is 2.70. The molecule has 1 aromatic rings. The Bertz CT molecular complexity index is 451. The second-order valence-corrected chi connectivity index (χ2v) is 4.01. The van der Waals surface area contributed by atoms with E-state index in [0.717, 1.165) is 6.07 Å². The van der Waals surface area contributed by atoms with Gasteiger partial charge in [-0.1, -0.05) is 29.3 Å². The van der Waals surface area contributed by atoms with E-state index in [9.17, 15) is 20.2 Å². The summed E-state index contributed by atoms with van der Waals surface area (Å²) in [6.45, 7) is 0. The topological polar surface area (TPSA) is 86.3 Å². The summed E-state index contributed by atoms with van der Waals surface area (Å²) in [5.41, 5.74) is -0.474. The highest BCUT2D eigenvalue weighted by atomic mass is 35.5. The van der Waals surface area contributed by atoms with Crippen LogP contribution in [0.3, 0.4) is 0 Å². The molecule has 0 bridgehead atoms. The first-order valence-corrected chi connectivity index (χ1v) is 4.87. The molecule has 0 radical (unpaired) electrons. The molecule has 0 saturated carbocycles. The molecule has 0 saturated heterocycles. The van der Waals surface area contributed by atoms with Crippen LogP contribution in [0.25, 0.3) is 0 Å². The number of halogens is 3. The summed E-state index contributed by atoms with van der Waals surface area (Å²) in [7, 11) is 0. The zero-order valence-corrected chi connectivity index (χ0v) is 9.66. The van der Waals surface area contributed by atoms with Crippen molar-refractivity contribution in [2.75, 3.05) is 0 Å². The zero-order chi connectivity index (χ0) is 12.5. The lowest BCUT2D eigenvalue weighted by Gasteiger charge is -2.11. The Morgan fingerprint density at radius 2 is 1.62 bits per heavy atom. The molecule has 1 aromatic carbocycles. The molecule has 0 aliphatic heterocycles. The van der Waals surface area contributed by atoms with Crippen molar-refractivity contribution in [1.29, 1.82) is 0 Å². The van der Waals surface area contributed by atoms with Crippen LogP contribution < -0.4 is 0 Å². The smallest absolute Gasteiger partial charge is 0.257 e. The van der Waals surface area contributed by atoms with E-state index in [-0.39, 0.29) is 10.0 Å². The van der Waals surface area contributed by atoms with Crippen molar-refractivity contribution in [3.05, 3.63) is 54.0 Å². The molecule has 16 heavy (non-hydrogen) atoms. The fraction of sp³-hybridized carbons (Fsp3) is 0.143. The lowest BCUT2D eigenvalue weighted by molar-refractivity contribution is -0.778. The number of nitrogens with zero attached hydrogens (tertiary/aromatic N) is 2. The molecule has 6 nitrogen and oxygen atoms in total. The lowest BCUT2D eigenvalue weighted by atomic mass is 10.2. The van der Waals surface area contributed by atoms with Gasteiger partial charge >= 0.3 is 5.12 Å². The van der Waals surface area contributed by atoms with Gasteiger partial charge in [0.1, 0.15) is 15.4 Å². The molecule has 86 valence electrons. The maximum absolute atomic E-state index is 10.7. The van der Waals surface area contributed by atoms with E-state index in [2.05, 4.69) is 0 Å². The summed E-state index contributed by atoms with van der Waals surface area (Å²) in [6, 6.07) is 3.70. The predicted molar refractivity (Wildman–Crippen MR) is 58.0 cm³/mol. The van der Waals surface area contributed by atoms with Gasteiger partial charge in [0.2, 0.25) is 0 Å². The standard InChI is InChI=1S/C7H3Cl3N2O4/c8-5-3-1-2-4(6(5)9)7(10,11(13)14)12(15)16/h1-3H. The maximum Gasteiger partial charge on any atom is 0.565 e. The van der Waals surface area contributed by atoms with Gasteiger partial charge in [0, 0.05) is 0 Å². The van der Waals surface area contributed by atoms with Crippen LogP contribution in [0, 0.1) is 20.2 Å². The van der Waals surface area contributed by atoms with Gasteiger partial charge < -0.3 is 0 Å². The number of rotatable bonds is 3. The quantitative estimate of drug-likeness (QED) is 0.281. The predicted octanol–water partition coefficient (Wildman–Crippen LogP) is 2.90. The van der Waals surface area contributed by atoms with Gasteiger partial charge in [0.05, 0.1) is 21.6 Å². The average molecular weight is 285 g/mol. The monoisotopic (exact) mass is 284 g/mol. The maximum atomic E-state index is 10.7. The third-order valence-electron chi connectivity index (χ3n) is 1.78. The van der Waals surface area contributed by atoms with Crippen molar-refractivity contribution >= 4 is 34.8 Å². The van der Waals surface area contributed by atoms with Gasteiger partial charge in [-0.05, 0) is 12.1 Å². The SMILES string of the molecule is O=[N+]([O-])C(Cl)(c1cccc(Cl)c1Cl)[N+](=O)[O-]. The number of hydrogen-bond donors (Lipinski definition) is 0. The zero-order valence-electron chi connectivity index (χ0n) is 7.39. The van der Waals surface area contributed by atoms with Crippen molar-refractivity contribution in [2.24, 2.45) is 0 Å². The normalized spacial score (nSPS) is 11.2. The van der Waals surface area contributed by atoms with Crippen molar-refractivity contribution in [2.45, 2.75) is 5.12 Å². The Balaban J connectivity index is 3.51. The van der Waals surface area contributed by atoms with Crippen LogP contribution in [0.1, 0.15) is 5.56 Å². The highest BCUT2D eigenvalue weighted by Crippen LogP contribution is 2.38. The third-order valence-corrected chi connectivity index (χ3v) is 3.08. The highest BCUT2D eigenvalue weighted by Gasteiger charge is 2.58. The number of benzene rings is 1. The molecular formula is C7H3Cl3N2O4. The molecule has 0 amide bonds. The van der Waals surface area contributed by atoms with Crippen LogP contribution in [0.5, 0.6) is 0 Å². The highest BCUT2D eigenvalue weighted by molar-refractivity contribution is 6.43. The second kappa shape index (κ2) is 4.40. The molecule has 0 fully saturated rings. The molecule has 9 heteroatoms. The minimum Gasteiger partial charge on any atom is -0.257 e. The molecule has 1 rings (SSSR count). The van der Waals surface area contributed by atoms with E-state index in [0.29, 0.717) is 0 Å². The number of alkyl halides is 1. The first-order chi connectivity index (χ1) is 7.31. The minimum absolute atomic E-state index is 0.0482. The summed E-state index contributed by atoms with van der Waals surface area (Å²) < 4.78 is 0. The Labute approximate surface area is 104 Å². The largest absolute Gasteiger partial charge is 0.565 e. The van der Waals surface area contributed by atoms with E-state index in [1.54, 1.807) is 0 Å². The Kier molecular flexibility index (Phi) is 3.57. The van der Waals surface area contributed by atoms with Crippen molar-refractivity contribution in [1.82, 2.24) is 0 Å². The molecule has 0 aliphatic rings. The first kappa shape index (κ1) is 13.0. The van der Waals surface area contributed by atoms with E-state index in [1.807, 2.05) is 0 Å². The molecule has 0 spiro atoms. The fourth-order valence-electron chi connectivity index (χ4n) is 1.01. The van der Waals surface area contributed by atoms with Crippen LogP contribution in [0.4, 0.5) is 0 Å². The summed E-state index contributed by atoms with van der Waals surface area (Å²) >= 11 is 16.6. The molecular weight excluding hydrogens is 282 g/mol. The van der Waals surface area contributed by atoms with Crippen molar-refractivity contribution < 1.29 is 9.85 Å². The molecule has 0 heterocycles. The van der Waals surface area contributed by atoms with Gasteiger partial charge in [-0.3, -0.25) is 20.2 Å². The molecule has 0 unspecified atom stereocenters. The Morgan fingerprint density at radius 1 is 1.12 bits per heavy atom. The van der Waals surface area contributed by atoms with Crippen LogP contribution in [0.15, 0.2) is 18.2 Å². The Morgan fingerprint density at radius 3 is 2.06 bits per heavy atom. The van der Waals surface area contributed by atoms with Crippen molar-refractivity contribution in [3.8, 4) is 0 Å². The molecule has 0 atom stereocenters. The lowest BCUT2D eigenvalue weighted by Crippen LogP contribution is -2.37. The van der Waals surface area contributed by atoms with Gasteiger partial charge in [-0.25, -0.2) is 0 Å². The Hall–Kier alpha value is -1.11. The van der Waals surface area contributed by atoms with Crippen LogP contribution >= 0.6 is 34.8 Å². The first-order valence-electron chi connectivity index (χ1n) is 3.74. The van der Waals surface area contributed by atoms with Gasteiger partial charge in [-0.15, -0.1) is 0 Å². The summed E-state index contributed by atoms with van der Waals surface area (Å²) in [4.78, 5) is 18.8. The number of hydrogen-bond acceptors (Lipinski definition) is 4. The average Bonchev–Trinajstić information content (AvgIpc) is 2.20. The summed E-state index contributed by atoms with van der Waals surface area (Å²) in [6.07, 6.45) is 0. The summed E-state index contributed by atoms with van der Waals surface area (Å²) in [5, 5.41) is 17.9.